The number of carbonyl (C=O) groups is 1. The lowest BCUT2D eigenvalue weighted by Gasteiger charge is -2.22. The number of unbranched alkanes of at least 4 members (excludes halogenated alkanes) is 1. The molecule has 3 rings (SSSR count). The fourth-order valence-electron chi connectivity index (χ4n) is 3.50. The van der Waals surface area contributed by atoms with Gasteiger partial charge in [-0.1, -0.05) is 31.4 Å². The van der Waals surface area contributed by atoms with Gasteiger partial charge in [0.2, 0.25) is 5.91 Å². The summed E-state index contributed by atoms with van der Waals surface area (Å²) in [5.74, 6) is 0.0756. The van der Waals surface area contributed by atoms with Crippen LogP contribution in [0.2, 0.25) is 0 Å². The zero-order chi connectivity index (χ0) is 17.6. The third-order valence-corrected chi connectivity index (χ3v) is 4.90. The van der Waals surface area contributed by atoms with Crippen molar-refractivity contribution >= 4 is 16.8 Å². The number of amides is 1. The first kappa shape index (κ1) is 17.5. The van der Waals surface area contributed by atoms with Crippen LogP contribution in [-0.4, -0.2) is 21.5 Å². The summed E-state index contributed by atoms with van der Waals surface area (Å²) in [6.45, 7) is 0.329. The van der Waals surface area contributed by atoms with Gasteiger partial charge in [0.1, 0.15) is 0 Å². The van der Waals surface area contributed by atoms with Crippen molar-refractivity contribution in [2.24, 2.45) is 0 Å². The molecule has 1 aliphatic rings. The van der Waals surface area contributed by atoms with Crippen LogP contribution in [0.5, 0.6) is 0 Å². The third-order valence-electron chi connectivity index (χ3n) is 4.90. The van der Waals surface area contributed by atoms with Crippen molar-refractivity contribution in [1.29, 1.82) is 0 Å². The Morgan fingerprint density at radius 3 is 2.68 bits per heavy atom. The Morgan fingerprint density at radius 1 is 1.12 bits per heavy atom. The molecule has 1 aromatic carbocycles. The summed E-state index contributed by atoms with van der Waals surface area (Å²) in [6.07, 6.45) is 7.53. The summed E-state index contributed by atoms with van der Waals surface area (Å²) in [7, 11) is 0. The van der Waals surface area contributed by atoms with E-state index >= 15 is 0 Å². The van der Waals surface area contributed by atoms with E-state index < -0.39 is 5.69 Å². The Morgan fingerprint density at radius 2 is 1.88 bits per heavy atom. The maximum atomic E-state index is 12.4. The fourth-order valence-corrected chi connectivity index (χ4v) is 3.50. The number of aromatic nitrogens is 2. The molecule has 1 saturated carbocycles. The normalized spacial score (nSPS) is 15.4. The molecular formula is C19H25N3O3. The highest BCUT2D eigenvalue weighted by atomic mass is 16.2. The largest absolute Gasteiger partial charge is 0.353 e. The van der Waals surface area contributed by atoms with Gasteiger partial charge in [-0.15, -0.1) is 0 Å². The number of aromatic amines is 1. The Labute approximate surface area is 146 Å². The summed E-state index contributed by atoms with van der Waals surface area (Å²) in [5, 5.41) is 3.60. The first-order valence-electron chi connectivity index (χ1n) is 9.16. The standard InChI is InChI=1S/C19H25N3O3/c23-17(20-14-8-2-1-3-9-14)12-6-7-13-22-18(24)15-10-4-5-11-16(15)21-19(22)25/h4-5,10-11,14H,1-3,6-9,12-13H2,(H,20,23)(H,21,25). The highest BCUT2D eigenvalue weighted by molar-refractivity contribution is 5.77. The van der Waals surface area contributed by atoms with Gasteiger partial charge in [-0.25, -0.2) is 4.79 Å². The molecule has 0 unspecified atom stereocenters. The molecule has 6 nitrogen and oxygen atoms in total. The second kappa shape index (κ2) is 8.14. The number of benzene rings is 1. The second-order valence-electron chi connectivity index (χ2n) is 6.79. The molecule has 0 atom stereocenters. The van der Waals surface area contributed by atoms with E-state index in [1.54, 1.807) is 24.3 Å². The lowest BCUT2D eigenvalue weighted by atomic mass is 9.95. The predicted octanol–water partition coefficient (Wildman–Crippen LogP) is 2.31. The monoisotopic (exact) mass is 343 g/mol. The molecule has 6 heteroatoms. The van der Waals surface area contributed by atoms with Gasteiger partial charge in [-0.3, -0.25) is 14.2 Å². The van der Waals surface area contributed by atoms with Crippen molar-refractivity contribution in [2.45, 2.75) is 64.0 Å². The number of nitrogens with zero attached hydrogens (tertiary/aromatic N) is 1. The Kier molecular flexibility index (Phi) is 5.68. The van der Waals surface area contributed by atoms with Gasteiger partial charge in [-0.2, -0.15) is 0 Å². The van der Waals surface area contributed by atoms with Gasteiger partial charge in [0.15, 0.2) is 0 Å². The van der Waals surface area contributed by atoms with Crippen molar-refractivity contribution < 1.29 is 4.79 Å². The number of rotatable bonds is 6. The zero-order valence-corrected chi connectivity index (χ0v) is 14.4. The van der Waals surface area contributed by atoms with E-state index in [9.17, 15) is 14.4 Å². The lowest BCUT2D eigenvalue weighted by molar-refractivity contribution is -0.122. The van der Waals surface area contributed by atoms with E-state index in [1.165, 1.54) is 23.8 Å². The van der Waals surface area contributed by atoms with Crippen molar-refractivity contribution in [3.8, 4) is 0 Å². The minimum atomic E-state index is -0.393. The van der Waals surface area contributed by atoms with E-state index in [4.69, 9.17) is 0 Å². The van der Waals surface area contributed by atoms with E-state index in [0.29, 0.717) is 42.8 Å². The van der Waals surface area contributed by atoms with E-state index in [2.05, 4.69) is 10.3 Å². The van der Waals surface area contributed by atoms with Crippen LogP contribution in [-0.2, 0) is 11.3 Å². The smallest absolute Gasteiger partial charge is 0.328 e. The Bertz CT molecular complexity index is 847. The average molecular weight is 343 g/mol. The fraction of sp³-hybridized carbons (Fsp3) is 0.526. The van der Waals surface area contributed by atoms with Crippen LogP contribution in [0.4, 0.5) is 0 Å². The van der Waals surface area contributed by atoms with Crippen molar-refractivity contribution in [3.05, 3.63) is 45.1 Å². The van der Waals surface area contributed by atoms with Gasteiger partial charge in [0.25, 0.3) is 5.56 Å². The maximum absolute atomic E-state index is 12.4. The molecule has 1 aliphatic carbocycles. The summed E-state index contributed by atoms with van der Waals surface area (Å²) in [5.41, 5.74) is -0.109. The summed E-state index contributed by atoms with van der Waals surface area (Å²) in [6, 6.07) is 7.32. The number of H-pyrrole nitrogens is 1. The summed E-state index contributed by atoms with van der Waals surface area (Å²) >= 11 is 0. The Hall–Kier alpha value is -2.37. The molecule has 0 radical (unpaired) electrons. The molecular weight excluding hydrogens is 318 g/mol. The van der Waals surface area contributed by atoms with E-state index in [1.807, 2.05) is 0 Å². The van der Waals surface area contributed by atoms with Gasteiger partial charge in [0, 0.05) is 19.0 Å². The Balaban J connectivity index is 1.52. The van der Waals surface area contributed by atoms with Crippen LogP contribution in [0.3, 0.4) is 0 Å². The maximum Gasteiger partial charge on any atom is 0.328 e. The quantitative estimate of drug-likeness (QED) is 0.790. The zero-order valence-electron chi connectivity index (χ0n) is 14.4. The molecule has 134 valence electrons. The van der Waals surface area contributed by atoms with Crippen LogP contribution in [0.1, 0.15) is 51.4 Å². The third kappa shape index (κ3) is 4.38. The molecule has 1 fully saturated rings. The summed E-state index contributed by atoms with van der Waals surface area (Å²) in [4.78, 5) is 39.2. The van der Waals surface area contributed by atoms with Crippen molar-refractivity contribution in [1.82, 2.24) is 14.9 Å². The lowest BCUT2D eigenvalue weighted by Crippen LogP contribution is -2.36. The minimum absolute atomic E-state index is 0.0756. The molecule has 1 amide bonds. The molecule has 0 spiro atoms. The van der Waals surface area contributed by atoms with Gasteiger partial charge < -0.3 is 10.3 Å². The van der Waals surface area contributed by atoms with Gasteiger partial charge >= 0.3 is 5.69 Å². The number of nitrogens with one attached hydrogen (secondary N) is 2. The van der Waals surface area contributed by atoms with Crippen LogP contribution in [0, 0.1) is 0 Å². The van der Waals surface area contributed by atoms with E-state index in [-0.39, 0.29) is 11.5 Å². The second-order valence-corrected chi connectivity index (χ2v) is 6.79. The highest BCUT2D eigenvalue weighted by Gasteiger charge is 2.15. The molecule has 1 aromatic heterocycles. The van der Waals surface area contributed by atoms with Crippen LogP contribution in [0.25, 0.3) is 10.9 Å². The van der Waals surface area contributed by atoms with Crippen LogP contribution >= 0.6 is 0 Å². The van der Waals surface area contributed by atoms with Crippen LogP contribution < -0.4 is 16.6 Å². The number of fused-ring (bicyclic) bond motifs is 1. The number of para-hydroxylation sites is 1. The van der Waals surface area contributed by atoms with Gasteiger partial charge in [0.05, 0.1) is 10.9 Å². The van der Waals surface area contributed by atoms with Gasteiger partial charge in [-0.05, 0) is 37.8 Å². The van der Waals surface area contributed by atoms with Crippen molar-refractivity contribution in [3.63, 3.8) is 0 Å². The van der Waals surface area contributed by atoms with Crippen LogP contribution in [0.15, 0.2) is 33.9 Å². The first-order valence-corrected chi connectivity index (χ1v) is 9.16. The average Bonchev–Trinajstić information content (AvgIpc) is 2.62. The van der Waals surface area contributed by atoms with E-state index in [0.717, 1.165) is 12.8 Å². The predicted molar refractivity (Wildman–Crippen MR) is 97.7 cm³/mol. The molecule has 0 aliphatic heterocycles. The molecule has 0 saturated heterocycles. The number of hydrogen-bond acceptors (Lipinski definition) is 3. The van der Waals surface area contributed by atoms with Crippen molar-refractivity contribution in [2.75, 3.05) is 0 Å². The topological polar surface area (TPSA) is 84.0 Å². The molecule has 2 N–H and O–H groups in total. The first-order chi connectivity index (χ1) is 12.1. The summed E-state index contributed by atoms with van der Waals surface area (Å²) < 4.78 is 1.22. The molecule has 25 heavy (non-hydrogen) atoms. The number of hydrogen-bond donors (Lipinski definition) is 2. The minimum Gasteiger partial charge on any atom is -0.353 e. The number of carbonyl (C=O) groups excluding carboxylic acids is 1. The molecule has 1 heterocycles. The molecule has 2 aromatic rings. The SMILES string of the molecule is O=C(CCCCn1c(=O)[nH]c2ccccc2c1=O)NC1CCCCC1. The molecule has 0 bridgehead atoms. The highest BCUT2D eigenvalue weighted by Crippen LogP contribution is 2.17.